The Labute approximate surface area is 199 Å². The normalized spacial score (nSPS) is 15.5. The number of ether oxygens (including phenoxy) is 1. The zero-order valence-electron chi connectivity index (χ0n) is 18.5. The van der Waals surface area contributed by atoms with Crippen LogP contribution in [0.2, 0.25) is 5.02 Å². The Balaban J connectivity index is 1.74. The summed E-state index contributed by atoms with van der Waals surface area (Å²) in [5.74, 6) is 0.358. The van der Waals surface area contributed by atoms with Gasteiger partial charge in [-0.15, -0.1) is 11.3 Å². The van der Waals surface area contributed by atoms with Crippen molar-refractivity contribution in [1.82, 2.24) is 4.98 Å². The van der Waals surface area contributed by atoms with Crippen molar-refractivity contribution >= 4 is 44.9 Å². The van der Waals surface area contributed by atoms with E-state index in [0.717, 1.165) is 16.1 Å². The molecule has 0 N–H and O–H groups in total. The minimum absolute atomic E-state index is 0.0329. The number of aromatic nitrogens is 1. The first-order chi connectivity index (χ1) is 15.7. The standard InChI is InChI=1S/C25H21ClN2O4S/c1-12(2)31-17-8-5-15(6-9-17)21-20-22(29)18-11-16(26)7-10-19(18)32-23(20)24(30)28(21)25-27-13(3)14(4)33-25/h5-12,21H,1-4H3/t21-/m0/s1. The van der Waals surface area contributed by atoms with Crippen LogP contribution in [0.1, 0.15) is 52.1 Å². The molecule has 0 spiro atoms. The first-order valence-electron chi connectivity index (χ1n) is 10.5. The minimum Gasteiger partial charge on any atom is -0.491 e. The number of nitrogens with zero attached hydrogens (tertiary/aromatic N) is 2. The summed E-state index contributed by atoms with van der Waals surface area (Å²) in [4.78, 5) is 34.4. The van der Waals surface area contributed by atoms with Crippen LogP contribution in [-0.2, 0) is 0 Å². The van der Waals surface area contributed by atoms with E-state index in [9.17, 15) is 9.59 Å². The van der Waals surface area contributed by atoms with Gasteiger partial charge in [0, 0.05) is 9.90 Å². The monoisotopic (exact) mass is 480 g/mol. The number of carbonyl (C=O) groups is 1. The first-order valence-corrected chi connectivity index (χ1v) is 11.7. The second-order valence-electron chi connectivity index (χ2n) is 8.27. The van der Waals surface area contributed by atoms with E-state index in [-0.39, 0.29) is 28.8 Å². The van der Waals surface area contributed by atoms with E-state index in [4.69, 9.17) is 20.8 Å². The Hall–Kier alpha value is -3.16. The number of benzene rings is 2. The molecule has 2 aromatic heterocycles. The molecule has 5 rings (SSSR count). The lowest BCUT2D eigenvalue weighted by Crippen LogP contribution is -2.29. The van der Waals surface area contributed by atoms with Gasteiger partial charge in [0.2, 0.25) is 5.76 Å². The summed E-state index contributed by atoms with van der Waals surface area (Å²) in [5, 5.41) is 1.29. The average molecular weight is 481 g/mol. The number of hydrogen-bond donors (Lipinski definition) is 0. The van der Waals surface area contributed by atoms with Gasteiger partial charge in [-0.3, -0.25) is 14.5 Å². The maximum absolute atomic E-state index is 13.6. The van der Waals surface area contributed by atoms with E-state index in [1.165, 1.54) is 11.3 Å². The molecule has 8 heteroatoms. The smallest absolute Gasteiger partial charge is 0.297 e. The lowest BCUT2D eigenvalue weighted by Gasteiger charge is -2.23. The largest absolute Gasteiger partial charge is 0.491 e. The second-order valence-corrected chi connectivity index (χ2v) is 9.88. The zero-order valence-corrected chi connectivity index (χ0v) is 20.1. The van der Waals surface area contributed by atoms with E-state index in [1.807, 2.05) is 52.0 Å². The molecule has 4 aromatic rings. The molecule has 0 saturated heterocycles. The summed E-state index contributed by atoms with van der Waals surface area (Å²) in [6.45, 7) is 7.76. The van der Waals surface area contributed by atoms with Gasteiger partial charge in [-0.05, 0) is 63.6 Å². The topological polar surface area (TPSA) is 72.6 Å². The molecule has 3 heterocycles. The summed E-state index contributed by atoms with van der Waals surface area (Å²) in [6.07, 6.45) is 0.0329. The fraction of sp³-hybridized carbons (Fsp3) is 0.240. The van der Waals surface area contributed by atoms with E-state index < -0.39 is 6.04 Å². The van der Waals surface area contributed by atoms with Crippen LogP contribution in [0.15, 0.2) is 51.7 Å². The van der Waals surface area contributed by atoms with Crippen LogP contribution in [0, 0.1) is 13.8 Å². The number of anilines is 1. The van der Waals surface area contributed by atoms with Crippen LogP contribution in [0.3, 0.4) is 0 Å². The number of halogens is 1. The van der Waals surface area contributed by atoms with E-state index in [0.29, 0.717) is 26.9 Å². The van der Waals surface area contributed by atoms with Gasteiger partial charge in [-0.1, -0.05) is 23.7 Å². The molecule has 1 aliphatic rings. The summed E-state index contributed by atoms with van der Waals surface area (Å²) in [5.41, 5.74) is 1.94. The maximum Gasteiger partial charge on any atom is 0.297 e. The molecule has 1 atom stereocenters. The highest BCUT2D eigenvalue weighted by Gasteiger charge is 2.45. The van der Waals surface area contributed by atoms with Crippen molar-refractivity contribution in [2.75, 3.05) is 4.90 Å². The van der Waals surface area contributed by atoms with Gasteiger partial charge >= 0.3 is 0 Å². The molecular weight excluding hydrogens is 460 g/mol. The quantitative estimate of drug-likeness (QED) is 0.355. The Kier molecular flexibility index (Phi) is 5.26. The number of rotatable bonds is 4. The van der Waals surface area contributed by atoms with Crippen molar-refractivity contribution in [3.63, 3.8) is 0 Å². The predicted octanol–water partition coefficient (Wildman–Crippen LogP) is 6.06. The van der Waals surface area contributed by atoms with E-state index in [1.54, 1.807) is 23.1 Å². The molecule has 6 nitrogen and oxygen atoms in total. The van der Waals surface area contributed by atoms with Crippen LogP contribution in [0.5, 0.6) is 5.75 Å². The number of amides is 1. The van der Waals surface area contributed by atoms with Crippen molar-refractivity contribution in [2.45, 2.75) is 39.8 Å². The Morgan fingerprint density at radius 2 is 1.85 bits per heavy atom. The van der Waals surface area contributed by atoms with Gasteiger partial charge in [-0.25, -0.2) is 4.98 Å². The summed E-state index contributed by atoms with van der Waals surface area (Å²) >= 11 is 7.56. The number of aryl methyl sites for hydroxylation is 2. The Bertz CT molecular complexity index is 1440. The van der Waals surface area contributed by atoms with Crippen molar-refractivity contribution in [1.29, 1.82) is 0 Å². The number of thiazole rings is 1. The molecule has 0 bridgehead atoms. The van der Waals surface area contributed by atoms with E-state index in [2.05, 4.69) is 4.98 Å². The van der Waals surface area contributed by atoms with Gasteiger partial charge < -0.3 is 9.15 Å². The minimum atomic E-state index is -0.676. The summed E-state index contributed by atoms with van der Waals surface area (Å²) < 4.78 is 11.7. The molecular formula is C25H21ClN2O4S. The fourth-order valence-electron chi connectivity index (χ4n) is 4.02. The van der Waals surface area contributed by atoms with Crippen LogP contribution >= 0.6 is 22.9 Å². The molecule has 168 valence electrons. The maximum atomic E-state index is 13.6. The van der Waals surface area contributed by atoms with Crippen molar-refractivity contribution < 1.29 is 13.9 Å². The third-order valence-corrected chi connectivity index (χ3v) is 6.93. The molecule has 2 aromatic carbocycles. The van der Waals surface area contributed by atoms with Crippen molar-refractivity contribution in [3.8, 4) is 5.75 Å². The highest BCUT2D eigenvalue weighted by molar-refractivity contribution is 7.15. The van der Waals surface area contributed by atoms with Crippen molar-refractivity contribution in [3.05, 3.63) is 85.2 Å². The lowest BCUT2D eigenvalue weighted by atomic mass is 9.98. The molecule has 0 radical (unpaired) electrons. The lowest BCUT2D eigenvalue weighted by molar-refractivity contribution is 0.0971. The zero-order chi connectivity index (χ0) is 23.4. The number of carbonyl (C=O) groups excluding carboxylic acids is 1. The summed E-state index contributed by atoms with van der Waals surface area (Å²) in [6, 6.07) is 11.6. The Morgan fingerprint density at radius 3 is 2.48 bits per heavy atom. The van der Waals surface area contributed by atoms with Gasteiger partial charge in [0.1, 0.15) is 11.3 Å². The van der Waals surface area contributed by atoms with Crippen LogP contribution in [0.4, 0.5) is 5.13 Å². The second kappa shape index (κ2) is 8.01. The molecule has 1 aliphatic heterocycles. The van der Waals surface area contributed by atoms with E-state index >= 15 is 0 Å². The number of hydrogen-bond acceptors (Lipinski definition) is 6. The highest BCUT2D eigenvalue weighted by Crippen LogP contribution is 2.43. The average Bonchev–Trinajstić information content (AvgIpc) is 3.25. The molecule has 0 unspecified atom stereocenters. The van der Waals surface area contributed by atoms with Gasteiger partial charge in [0.05, 0.1) is 28.8 Å². The predicted molar refractivity (Wildman–Crippen MR) is 130 cm³/mol. The number of fused-ring (bicyclic) bond motifs is 2. The Morgan fingerprint density at radius 1 is 1.12 bits per heavy atom. The molecule has 0 fully saturated rings. The third kappa shape index (κ3) is 3.61. The molecule has 33 heavy (non-hydrogen) atoms. The first kappa shape index (κ1) is 21.7. The van der Waals surface area contributed by atoms with Gasteiger partial charge in [0.15, 0.2) is 10.6 Å². The summed E-state index contributed by atoms with van der Waals surface area (Å²) in [7, 11) is 0. The SMILES string of the molecule is Cc1nc(N2C(=O)c3oc4ccc(Cl)cc4c(=O)c3[C@@H]2c2ccc(OC(C)C)cc2)sc1C. The third-order valence-electron chi connectivity index (χ3n) is 5.62. The molecule has 1 amide bonds. The van der Waals surface area contributed by atoms with Crippen LogP contribution in [-0.4, -0.2) is 17.0 Å². The van der Waals surface area contributed by atoms with Crippen LogP contribution in [0.25, 0.3) is 11.0 Å². The molecule has 0 aliphatic carbocycles. The van der Waals surface area contributed by atoms with Gasteiger partial charge in [-0.2, -0.15) is 0 Å². The van der Waals surface area contributed by atoms with Gasteiger partial charge in [0.25, 0.3) is 5.91 Å². The highest BCUT2D eigenvalue weighted by atomic mass is 35.5. The van der Waals surface area contributed by atoms with Crippen molar-refractivity contribution in [2.24, 2.45) is 0 Å². The molecule has 0 saturated carbocycles. The fourth-order valence-corrected chi connectivity index (χ4v) is 5.13. The van der Waals surface area contributed by atoms with Crippen LogP contribution < -0.4 is 15.1 Å².